The molecule has 0 saturated carbocycles. The molecule has 2 aliphatic heterocycles. The van der Waals surface area contributed by atoms with Crippen molar-refractivity contribution in [1.82, 2.24) is 24.8 Å². The van der Waals surface area contributed by atoms with E-state index in [2.05, 4.69) is 25.2 Å². The summed E-state index contributed by atoms with van der Waals surface area (Å²) in [6.45, 7) is 5.53. The Morgan fingerprint density at radius 2 is 1.84 bits per heavy atom. The lowest BCUT2D eigenvalue weighted by molar-refractivity contribution is 0.0342. The van der Waals surface area contributed by atoms with Crippen LogP contribution in [0.15, 0.2) is 60.1 Å². The summed E-state index contributed by atoms with van der Waals surface area (Å²) in [6.07, 6.45) is 6.51. The Kier molecular flexibility index (Phi) is 8.90. The second-order valence-electron chi connectivity index (χ2n) is 9.42. The van der Waals surface area contributed by atoms with Gasteiger partial charge in [0.2, 0.25) is 0 Å². The van der Waals surface area contributed by atoms with Crippen molar-refractivity contribution >= 4 is 29.6 Å². The number of morpholine rings is 1. The van der Waals surface area contributed by atoms with E-state index in [9.17, 15) is 9.59 Å². The standard InChI is InChI=1S/C27H32N6O4S/c34-25(22-3-1-20(2-4-22)18-32-13-15-36-16-14-32)31-24-6-5-23(17-30-24)37-27(35)33-11-7-21(8-12-33)19-38-26-28-9-10-29-26/h1-6,9-10,17,21H,7-8,11-16,18-19H2,(H,28,29)(H,30,31,34). The van der Waals surface area contributed by atoms with Gasteiger partial charge in [0, 0.05) is 56.4 Å². The highest BCUT2D eigenvalue weighted by Crippen LogP contribution is 2.25. The number of nitrogens with zero attached hydrogens (tertiary/aromatic N) is 4. The molecule has 200 valence electrons. The summed E-state index contributed by atoms with van der Waals surface area (Å²) >= 11 is 1.71. The molecule has 2 saturated heterocycles. The number of carbonyl (C=O) groups excluding carboxylic acids is 2. The van der Waals surface area contributed by atoms with Gasteiger partial charge < -0.3 is 24.7 Å². The predicted molar refractivity (Wildman–Crippen MR) is 144 cm³/mol. The third-order valence-corrected chi connectivity index (χ3v) is 7.85. The molecule has 5 rings (SSSR count). The van der Waals surface area contributed by atoms with Crippen LogP contribution in [0.25, 0.3) is 0 Å². The van der Waals surface area contributed by atoms with Crippen LogP contribution in [-0.4, -0.2) is 81.9 Å². The van der Waals surface area contributed by atoms with Crippen molar-refractivity contribution < 1.29 is 19.1 Å². The molecular formula is C27H32N6O4S. The maximum atomic E-state index is 12.6. The Labute approximate surface area is 226 Å². The topological polar surface area (TPSA) is 113 Å². The van der Waals surface area contributed by atoms with E-state index >= 15 is 0 Å². The number of thioether (sulfide) groups is 1. The number of H-pyrrole nitrogens is 1. The SMILES string of the molecule is O=C(Nc1ccc(OC(=O)N2CCC(CSc3ncc[nH]3)CC2)cn1)c1ccc(CN2CCOCC2)cc1. The largest absolute Gasteiger partial charge is 0.415 e. The number of carbonyl (C=O) groups is 2. The highest BCUT2D eigenvalue weighted by atomic mass is 32.2. The molecule has 0 bridgehead atoms. The van der Waals surface area contributed by atoms with Gasteiger partial charge in [0.1, 0.15) is 5.82 Å². The first-order valence-electron chi connectivity index (χ1n) is 12.9. The quantitative estimate of drug-likeness (QED) is 0.417. The van der Waals surface area contributed by atoms with Crippen LogP contribution in [0.4, 0.5) is 10.6 Å². The van der Waals surface area contributed by atoms with E-state index in [1.807, 2.05) is 30.5 Å². The molecule has 0 unspecified atom stereocenters. The summed E-state index contributed by atoms with van der Waals surface area (Å²) in [5.74, 6) is 2.01. The number of pyridine rings is 1. The minimum atomic E-state index is -0.377. The number of imidazole rings is 1. The number of aromatic amines is 1. The van der Waals surface area contributed by atoms with Crippen LogP contribution in [-0.2, 0) is 11.3 Å². The van der Waals surface area contributed by atoms with E-state index in [0.29, 0.717) is 36.1 Å². The monoisotopic (exact) mass is 536 g/mol. The highest BCUT2D eigenvalue weighted by Gasteiger charge is 2.24. The molecule has 2 aromatic heterocycles. The van der Waals surface area contributed by atoms with Gasteiger partial charge >= 0.3 is 6.09 Å². The third-order valence-electron chi connectivity index (χ3n) is 6.71. The number of hydrogen-bond donors (Lipinski definition) is 2. The summed E-state index contributed by atoms with van der Waals surface area (Å²) in [6, 6.07) is 10.9. The lowest BCUT2D eigenvalue weighted by Gasteiger charge is -2.30. The van der Waals surface area contributed by atoms with Crippen molar-refractivity contribution in [1.29, 1.82) is 0 Å². The second kappa shape index (κ2) is 12.9. The van der Waals surface area contributed by atoms with Crippen LogP contribution in [0, 0.1) is 5.92 Å². The van der Waals surface area contributed by atoms with E-state index in [-0.39, 0.29) is 12.0 Å². The average Bonchev–Trinajstić information content (AvgIpc) is 3.48. The summed E-state index contributed by atoms with van der Waals surface area (Å²) < 4.78 is 10.9. The zero-order chi connectivity index (χ0) is 26.2. The normalized spacial score (nSPS) is 16.8. The van der Waals surface area contributed by atoms with Gasteiger partial charge in [0.05, 0.1) is 19.4 Å². The van der Waals surface area contributed by atoms with Crippen molar-refractivity contribution in [2.45, 2.75) is 24.5 Å². The predicted octanol–water partition coefficient (Wildman–Crippen LogP) is 3.89. The lowest BCUT2D eigenvalue weighted by atomic mass is 9.99. The first kappa shape index (κ1) is 26.2. The average molecular weight is 537 g/mol. The number of likely N-dealkylation sites (tertiary alicyclic amines) is 1. The van der Waals surface area contributed by atoms with Crippen LogP contribution >= 0.6 is 11.8 Å². The molecule has 0 aliphatic carbocycles. The molecule has 10 nitrogen and oxygen atoms in total. The van der Waals surface area contributed by atoms with Crippen LogP contribution in [0.2, 0.25) is 0 Å². The smallest absolute Gasteiger partial charge is 0.409 e. The van der Waals surface area contributed by atoms with Gasteiger partial charge in [-0.1, -0.05) is 23.9 Å². The fourth-order valence-electron chi connectivity index (χ4n) is 4.46. The number of ether oxygens (including phenoxy) is 2. The zero-order valence-corrected chi connectivity index (χ0v) is 22.0. The molecule has 0 atom stereocenters. The fourth-order valence-corrected chi connectivity index (χ4v) is 5.47. The van der Waals surface area contributed by atoms with E-state index in [1.54, 1.807) is 35.0 Å². The van der Waals surface area contributed by atoms with Gasteiger partial charge in [-0.2, -0.15) is 0 Å². The number of benzene rings is 1. The number of piperidine rings is 1. The van der Waals surface area contributed by atoms with Gasteiger partial charge in [-0.15, -0.1) is 0 Å². The van der Waals surface area contributed by atoms with Crippen molar-refractivity contribution in [3.8, 4) is 5.75 Å². The number of anilines is 1. The molecule has 4 heterocycles. The number of rotatable bonds is 8. The zero-order valence-electron chi connectivity index (χ0n) is 21.2. The molecular weight excluding hydrogens is 504 g/mol. The number of hydrogen-bond acceptors (Lipinski definition) is 8. The van der Waals surface area contributed by atoms with Gasteiger partial charge in [-0.25, -0.2) is 14.8 Å². The van der Waals surface area contributed by atoms with Crippen LogP contribution in [0.5, 0.6) is 5.75 Å². The number of amides is 2. The first-order valence-corrected chi connectivity index (χ1v) is 13.9. The Balaban J connectivity index is 1.05. The summed E-state index contributed by atoms with van der Waals surface area (Å²) in [5, 5.41) is 3.72. The minimum absolute atomic E-state index is 0.242. The van der Waals surface area contributed by atoms with Gasteiger partial charge in [-0.3, -0.25) is 9.69 Å². The van der Waals surface area contributed by atoms with Crippen LogP contribution in [0.3, 0.4) is 0 Å². The number of nitrogens with one attached hydrogen (secondary N) is 2. The fraction of sp³-hybridized carbons (Fsp3) is 0.407. The van der Waals surface area contributed by atoms with E-state index in [0.717, 1.165) is 62.2 Å². The van der Waals surface area contributed by atoms with E-state index in [1.165, 1.54) is 6.20 Å². The molecule has 11 heteroatoms. The Hall–Kier alpha value is -3.41. The maximum absolute atomic E-state index is 12.6. The summed E-state index contributed by atoms with van der Waals surface area (Å²) in [5.41, 5.74) is 1.71. The molecule has 2 aliphatic rings. The van der Waals surface area contributed by atoms with Crippen molar-refractivity contribution in [3.05, 3.63) is 66.1 Å². The van der Waals surface area contributed by atoms with Crippen molar-refractivity contribution in [2.75, 3.05) is 50.5 Å². The maximum Gasteiger partial charge on any atom is 0.415 e. The molecule has 0 radical (unpaired) electrons. The summed E-state index contributed by atoms with van der Waals surface area (Å²) in [4.78, 5) is 40.9. The van der Waals surface area contributed by atoms with E-state index in [4.69, 9.17) is 9.47 Å². The molecule has 3 aromatic rings. The highest BCUT2D eigenvalue weighted by molar-refractivity contribution is 7.99. The Morgan fingerprint density at radius 1 is 1.05 bits per heavy atom. The van der Waals surface area contributed by atoms with E-state index < -0.39 is 0 Å². The molecule has 2 fully saturated rings. The molecule has 0 spiro atoms. The van der Waals surface area contributed by atoms with Crippen molar-refractivity contribution in [3.63, 3.8) is 0 Å². The van der Waals surface area contributed by atoms with Crippen LogP contribution < -0.4 is 10.1 Å². The molecule has 2 amide bonds. The second-order valence-corrected chi connectivity index (χ2v) is 10.4. The van der Waals surface area contributed by atoms with Gasteiger partial charge in [-0.05, 0) is 48.6 Å². The minimum Gasteiger partial charge on any atom is -0.409 e. The van der Waals surface area contributed by atoms with Crippen LogP contribution in [0.1, 0.15) is 28.8 Å². The number of aromatic nitrogens is 3. The first-order chi connectivity index (χ1) is 18.6. The Morgan fingerprint density at radius 3 is 2.53 bits per heavy atom. The Bertz CT molecular complexity index is 1180. The molecule has 2 N–H and O–H groups in total. The molecule has 1 aromatic carbocycles. The lowest BCUT2D eigenvalue weighted by Crippen LogP contribution is -2.40. The summed E-state index contributed by atoms with van der Waals surface area (Å²) in [7, 11) is 0. The van der Waals surface area contributed by atoms with Gasteiger partial charge in [0.15, 0.2) is 10.9 Å². The van der Waals surface area contributed by atoms with Gasteiger partial charge in [0.25, 0.3) is 5.91 Å². The molecule has 38 heavy (non-hydrogen) atoms. The third kappa shape index (κ3) is 7.33. The van der Waals surface area contributed by atoms with Crippen molar-refractivity contribution in [2.24, 2.45) is 5.92 Å².